The molecule has 0 saturated carbocycles. The number of hydrogen-bond acceptors (Lipinski definition) is 5. The first-order chi connectivity index (χ1) is 15.3. The number of rotatable bonds is 5. The molecule has 5 heteroatoms. The van der Waals surface area contributed by atoms with Crippen LogP contribution in [0.5, 0.6) is 5.75 Å². The lowest BCUT2D eigenvalue weighted by atomic mass is 9.67. The lowest BCUT2D eigenvalue weighted by molar-refractivity contribution is -0.148. The summed E-state index contributed by atoms with van der Waals surface area (Å²) in [6, 6.07) is 17.2. The van der Waals surface area contributed by atoms with Gasteiger partial charge in [0.25, 0.3) is 0 Å². The van der Waals surface area contributed by atoms with Crippen LogP contribution in [-0.4, -0.2) is 24.6 Å². The summed E-state index contributed by atoms with van der Waals surface area (Å²) < 4.78 is 11.0. The number of allylic oxidation sites excluding steroid dienone is 2. The first-order valence-electron chi connectivity index (χ1n) is 10.9. The Balaban J connectivity index is 1.72. The van der Waals surface area contributed by atoms with Crippen LogP contribution in [0.2, 0.25) is 0 Å². The van der Waals surface area contributed by atoms with Crippen molar-refractivity contribution in [3.05, 3.63) is 77.0 Å². The van der Waals surface area contributed by atoms with Crippen LogP contribution in [0.25, 0.3) is 0 Å². The number of carbonyl (C=O) groups excluding carboxylic acids is 2. The first-order valence-corrected chi connectivity index (χ1v) is 10.9. The minimum Gasteiger partial charge on any atom is -0.497 e. The van der Waals surface area contributed by atoms with Crippen LogP contribution in [0.4, 0.5) is 0 Å². The third-order valence-corrected chi connectivity index (χ3v) is 6.25. The summed E-state index contributed by atoms with van der Waals surface area (Å²) >= 11 is 0. The molecule has 32 heavy (non-hydrogen) atoms. The molecular formula is C27H29NO4. The highest BCUT2D eigenvalue weighted by atomic mass is 16.5. The highest BCUT2D eigenvalue weighted by molar-refractivity contribution is 6.09. The van der Waals surface area contributed by atoms with Crippen LogP contribution in [0.3, 0.4) is 0 Å². The quantitative estimate of drug-likeness (QED) is 0.606. The standard InChI is InChI=1S/C27H29NO4/c1-17-23(26(30)32-16-18-8-6-5-7-9-18)24(19-10-12-20(31-4)13-11-19)25-21(28-17)14-27(2,3)15-22(25)29/h5-13,23-24H,14-16H2,1-4H3/t23?,24-/m0/s1. The van der Waals surface area contributed by atoms with Crippen molar-refractivity contribution in [2.24, 2.45) is 16.3 Å². The normalized spacial score (nSPS) is 22.1. The van der Waals surface area contributed by atoms with Gasteiger partial charge in [-0.3, -0.25) is 14.6 Å². The zero-order valence-electron chi connectivity index (χ0n) is 19.1. The van der Waals surface area contributed by atoms with Gasteiger partial charge in [0, 0.05) is 29.3 Å². The van der Waals surface area contributed by atoms with Gasteiger partial charge in [-0.25, -0.2) is 0 Å². The second-order valence-corrected chi connectivity index (χ2v) is 9.38. The van der Waals surface area contributed by atoms with Gasteiger partial charge in [-0.05, 0) is 42.0 Å². The van der Waals surface area contributed by atoms with Crippen LogP contribution in [0.1, 0.15) is 50.7 Å². The number of nitrogens with zero attached hydrogens (tertiary/aromatic N) is 1. The molecule has 4 rings (SSSR count). The largest absolute Gasteiger partial charge is 0.497 e. The zero-order valence-corrected chi connectivity index (χ0v) is 19.1. The number of carbonyl (C=O) groups is 2. The van der Waals surface area contributed by atoms with E-state index in [2.05, 4.69) is 13.8 Å². The Labute approximate surface area is 189 Å². The molecule has 2 atom stereocenters. The van der Waals surface area contributed by atoms with E-state index >= 15 is 0 Å². The Morgan fingerprint density at radius 1 is 1.06 bits per heavy atom. The van der Waals surface area contributed by atoms with Crippen LogP contribution < -0.4 is 4.74 Å². The average molecular weight is 432 g/mol. The molecular weight excluding hydrogens is 402 g/mol. The van der Waals surface area contributed by atoms with E-state index in [1.807, 2.05) is 61.5 Å². The van der Waals surface area contributed by atoms with E-state index in [9.17, 15) is 9.59 Å². The molecule has 0 spiro atoms. The van der Waals surface area contributed by atoms with Crippen molar-refractivity contribution < 1.29 is 19.1 Å². The molecule has 0 N–H and O–H groups in total. The summed E-state index contributed by atoms with van der Waals surface area (Å²) in [6.45, 7) is 6.22. The third-order valence-electron chi connectivity index (χ3n) is 6.25. The molecule has 2 aliphatic rings. The molecule has 2 aromatic carbocycles. The van der Waals surface area contributed by atoms with Crippen molar-refractivity contribution in [2.45, 2.75) is 46.1 Å². The molecule has 2 aromatic rings. The van der Waals surface area contributed by atoms with Gasteiger partial charge in [-0.1, -0.05) is 56.3 Å². The molecule has 0 radical (unpaired) electrons. The summed E-state index contributed by atoms with van der Waals surface area (Å²) in [5.41, 5.74) is 3.81. The van der Waals surface area contributed by atoms with E-state index in [1.165, 1.54) is 0 Å². The van der Waals surface area contributed by atoms with Gasteiger partial charge in [0.05, 0.1) is 7.11 Å². The van der Waals surface area contributed by atoms with Crippen LogP contribution >= 0.6 is 0 Å². The SMILES string of the molecule is COc1ccc([C@@H]2C3=C(CC(C)(C)CC3=O)N=C(C)C2C(=O)OCc2ccccc2)cc1. The lowest BCUT2D eigenvalue weighted by Crippen LogP contribution is -2.39. The Kier molecular flexibility index (Phi) is 6.00. The Morgan fingerprint density at radius 2 is 1.75 bits per heavy atom. The third kappa shape index (κ3) is 4.38. The molecule has 0 fully saturated rings. The van der Waals surface area contributed by atoms with E-state index in [0.717, 1.165) is 22.6 Å². The van der Waals surface area contributed by atoms with E-state index < -0.39 is 11.8 Å². The molecule has 0 aromatic heterocycles. The van der Waals surface area contributed by atoms with Crippen molar-refractivity contribution in [3.63, 3.8) is 0 Å². The number of aliphatic imine (C=N–C) groups is 1. The van der Waals surface area contributed by atoms with E-state index in [4.69, 9.17) is 14.5 Å². The van der Waals surface area contributed by atoms with E-state index in [0.29, 0.717) is 24.1 Å². The van der Waals surface area contributed by atoms with Gasteiger partial charge in [0.1, 0.15) is 18.3 Å². The van der Waals surface area contributed by atoms with E-state index in [1.54, 1.807) is 7.11 Å². The molecule has 1 aliphatic heterocycles. The minimum absolute atomic E-state index is 0.0641. The molecule has 0 bridgehead atoms. The van der Waals surface area contributed by atoms with Gasteiger partial charge in [-0.15, -0.1) is 0 Å². The summed E-state index contributed by atoms with van der Waals surface area (Å²) in [5.74, 6) is -0.631. The molecule has 1 unspecified atom stereocenters. The fourth-order valence-corrected chi connectivity index (χ4v) is 4.74. The molecule has 0 amide bonds. The Hall–Kier alpha value is -3.21. The van der Waals surface area contributed by atoms with Crippen LogP contribution in [-0.2, 0) is 20.9 Å². The van der Waals surface area contributed by atoms with Crippen LogP contribution in [0, 0.1) is 11.3 Å². The predicted molar refractivity (Wildman–Crippen MR) is 124 cm³/mol. The minimum atomic E-state index is -0.643. The lowest BCUT2D eigenvalue weighted by Gasteiger charge is -2.39. The molecule has 5 nitrogen and oxygen atoms in total. The highest BCUT2D eigenvalue weighted by Gasteiger charge is 2.46. The number of benzene rings is 2. The van der Waals surface area contributed by atoms with Crippen LogP contribution in [0.15, 0.2) is 70.9 Å². The Bertz CT molecular complexity index is 1080. The topological polar surface area (TPSA) is 65.0 Å². The molecule has 166 valence electrons. The van der Waals surface area contributed by atoms with Gasteiger partial charge in [0.15, 0.2) is 5.78 Å². The Morgan fingerprint density at radius 3 is 2.41 bits per heavy atom. The van der Waals surface area contributed by atoms with Gasteiger partial charge >= 0.3 is 5.97 Å². The second-order valence-electron chi connectivity index (χ2n) is 9.38. The van der Waals surface area contributed by atoms with Crippen molar-refractivity contribution in [1.82, 2.24) is 0 Å². The van der Waals surface area contributed by atoms with Crippen molar-refractivity contribution in [1.29, 1.82) is 0 Å². The average Bonchev–Trinajstić information content (AvgIpc) is 2.76. The van der Waals surface area contributed by atoms with Gasteiger partial charge in [0.2, 0.25) is 0 Å². The van der Waals surface area contributed by atoms with E-state index in [-0.39, 0.29) is 23.8 Å². The fourth-order valence-electron chi connectivity index (χ4n) is 4.74. The van der Waals surface area contributed by atoms with Gasteiger partial charge in [-0.2, -0.15) is 0 Å². The smallest absolute Gasteiger partial charge is 0.315 e. The molecule has 1 heterocycles. The molecule has 0 saturated heterocycles. The number of hydrogen-bond donors (Lipinski definition) is 0. The summed E-state index contributed by atoms with van der Waals surface area (Å²) in [4.78, 5) is 31.4. The van der Waals surface area contributed by atoms with Crippen molar-refractivity contribution in [2.75, 3.05) is 7.11 Å². The maximum absolute atomic E-state index is 13.3. The molecule has 1 aliphatic carbocycles. The summed E-state index contributed by atoms with van der Waals surface area (Å²) in [7, 11) is 1.61. The second kappa shape index (κ2) is 8.73. The maximum atomic E-state index is 13.3. The number of esters is 1. The van der Waals surface area contributed by atoms with Crippen molar-refractivity contribution >= 4 is 17.5 Å². The van der Waals surface area contributed by atoms with Gasteiger partial charge < -0.3 is 9.47 Å². The number of ether oxygens (including phenoxy) is 2. The zero-order chi connectivity index (χ0) is 22.9. The predicted octanol–water partition coefficient (Wildman–Crippen LogP) is 5.26. The highest BCUT2D eigenvalue weighted by Crippen LogP contribution is 2.48. The van der Waals surface area contributed by atoms with Crippen molar-refractivity contribution in [3.8, 4) is 5.75 Å². The summed E-state index contributed by atoms with van der Waals surface area (Å²) in [5, 5.41) is 0. The fraction of sp³-hybridized carbons (Fsp3) is 0.370. The summed E-state index contributed by atoms with van der Waals surface area (Å²) in [6.07, 6.45) is 1.16. The number of ketones is 1. The maximum Gasteiger partial charge on any atom is 0.315 e. The first kappa shape index (κ1) is 22.0. The number of methoxy groups -OCH3 is 1. The monoisotopic (exact) mass is 431 g/mol. The number of Topliss-reactive ketones (excluding diaryl/α,β-unsaturated/α-hetero) is 1.